The van der Waals surface area contributed by atoms with Crippen molar-refractivity contribution in [3.05, 3.63) is 69.9 Å². The molecule has 0 N–H and O–H groups in total. The molecule has 0 heterocycles. The van der Waals surface area contributed by atoms with Gasteiger partial charge in [0.05, 0.1) is 0 Å². The van der Waals surface area contributed by atoms with Crippen LogP contribution in [0.5, 0.6) is 0 Å². The van der Waals surface area contributed by atoms with Gasteiger partial charge in [0.1, 0.15) is 0 Å². The number of carbonyl (C=O) groups is 2. The van der Waals surface area contributed by atoms with Crippen LogP contribution in [0.4, 0.5) is 17.6 Å². The Hall–Kier alpha value is -2.48. The van der Waals surface area contributed by atoms with Gasteiger partial charge in [-0.15, -0.1) is 9.05 Å². The monoisotopic (exact) mass is 645 g/mol. The fourth-order valence-corrected chi connectivity index (χ4v) is 4.33. The van der Waals surface area contributed by atoms with E-state index in [0.717, 1.165) is 49.0 Å². The van der Waals surface area contributed by atoms with Gasteiger partial charge in [-0.3, -0.25) is 9.59 Å². The van der Waals surface area contributed by atoms with Gasteiger partial charge in [0.25, 0.3) is 0 Å². The number of ketones is 2. The molecule has 10 heteroatoms. The highest BCUT2D eigenvalue weighted by Gasteiger charge is 2.45. The van der Waals surface area contributed by atoms with Gasteiger partial charge in [-0.2, -0.15) is 17.6 Å². The third-order valence-corrected chi connectivity index (χ3v) is 7.10. The van der Waals surface area contributed by atoms with E-state index in [0.29, 0.717) is 36.8 Å². The maximum absolute atomic E-state index is 14.2. The molecule has 0 aliphatic carbocycles. The molecule has 0 saturated heterocycles. The van der Waals surface area contributed by atoms with Crippen LogP contribution >= 0.6 is 8.25 Å². The Kier molecular flexibility index (Phi) is 20.1. The summed E-state index contributed by atoms with van der Waals surface area (Å²) in [5.74, 6) is -11.2. The van der Waals surface area contributed by atoms with Crippen molar-refractivity contribution >= 4 is 19.8 Å². The van der Waals surface area contributed by atoms with Gasteiger partial charge in [0.2, 0.25) is 11.6 Å². The van der Waals surface area contributed by atoms with E-state index in [4.69, 9.17) is 0 Å². The van der Waals surface area contributed by atoms with Gasteiger partial charge in [0.15, 0.2) is 13.2 Å². The van der Waals surface area contributed by atoms with Crippen molar-refractivity contribution in [2.45, 2.75) is 119 Å². The number of halogens is 4. The molecule has 0 bridgehead atoms. The van der Waals surface area contributed by atoms with Crippen molar-refractivity contribution in [2.24, 2.45) is 0 Å². The lowest BCUT2D eigenvalue weighted by atomic mass is 10.0. The molecule has 0 aliphatic rings. The van der Waals surface area contributed by atoms with Gasteiger partial charge in [-0.05, 0) is 119 Å². The second kappa shape index (κ2) is 21.3. The molecule has 5 nitrogen and oxygen atoms in total. The summed E-state index contributed by atoms with van der Waals surface area (Å²) < 4.78 is 77.5. The molecule has 0 spiro atoms. The summed E-state index contributed by atoms with van der Waals surface area (Å²) in [6.07, 6.45) is 15.4. The Morgan fingerprint density at radius 3 is 1.16 bits per heavy atom. The van der Waals surface area contributed by atoms with Crippen LogP contribution in [0.15, 0.2) is 69.9 Å². The largest absolute Gasteiger partial charge is 0.697 e. The van der Waals surface area contributed by atoms with Crippen LogP contribution in [0.2, 0.25) is 0 Å². The van der Waals surface area contributed by atoms with Crippen LogP contribution in [0.25, 0.3) is 0 Å². The number of hydrogen-bond donors (Lipinski definition) is 0. The predicted molar refractivity (Wildman–Crippen MR) is 170 cm³/mol. The molecule has 0 fully saturated rings. The number of alkyl halides is 4. The molecule has 0 saturated carbocycles. The normalized spacial score (nSPS) is 14.0. The molecule has 248 valence electrons. The van der Waals surface area contributed by atoms with E-state index in [2.05, 4.69) is 21.2 Å². The Balaban J connectivity index is 4.73. The van der Waals surface area contributed by atoms with Crippen LogP contribution in [-0.4, -0.2) is 36.6 Å². The van der Waals surface area contributed by atoms with Gasteiger partial charge < -0.3 is 0 Å². The summed E-state index contributed by atoms with van der Waals surface area (Å²) in [5.41, 5.74) is 5.64. The second-order valence-corrected chi connectivity index (χ2v) is 12.7. The van der Waals surface area contributed by atoms with Crippen molar-refractivity contribution in [3.8, 4) is 0 Å². The molecule has 0 aromatic rings. The third kappa shape index (κ3) is 20.5. The van der Waals surface area contributed by atoms with Crippen LogP contribution in [0.1, 0.15) is 107 Å². The number of hydrogen-bond acceptors (Lipinski definition) is 5. The standard InChI is InChI=1S/C34H50F4O5P/c1-25(2)13-9-15-27(5)17-11-19-29(7)21-31(39)33(35,36)23-42-44(41)43-24-34(37,38)32(40)22-30(8)20-12-18-28(6)16-10-14-26(3)4/h13-14,17-18,21-22H,9-12,15-16,19-20,23-24H2,1-8H3/q+1. The number of rotatable bonds is 22. The van der Waals surface area contributed by atoms with Crippen LogP contribution < -0.4 is 0 Å². The highest BCUT2D eigenvalue weighted by molar-refractivity contribution is 7.33. The fraction of sp³-hybridized carbons (Fsp3) is 0.588. The molecular formula is C34H50F4O5P+. The predicted octanol–water partition coefficient (Wildman–Crippen LogP) is 10.9. The van der Waals surface area contributed by atoms with E-state index in [9.17, 15) is 31.7 Å². The third-order valence-electron chi connectivity index (χ3n) is 6.42. The summed E-state index contributed by atoms with van der Waals surface area (Å²) >= 11 is 0. The summed E-state index contributed by atoms with van der Waals surface area (Å²) in [5, 5.41) is 0. The van der Waals surface area contributed by atoms with Crippen molar-refractivity contribution < 1.29 is 40.8 Å². The Labute approximate surface area is 262 Å². The quantitative estimate of drug-likeness (QED) is 0.0507. The maximum atomic E-state index is 14.2. The first-order valence-corrected chi connectivity index (χ1v) is 15.9. The summed E-state index contributed by atoms with van der Waals surface area (Å²) in [6.45, 7) is 11.9. The lowest BCUT2D eigenvalue weighted by Crippen LogP contribution is -2.33. The second-order valence-electron chi connectivity index (χ2n) is 11.7. The zero-order valence-corrected chi connectivity index (χ0v) is 28.4. The van der Waals surface area contributed by atoms with Gasteiger partial charge in [-0.25, -0.2) is 0 Å². The number of allylic oxidation sites excluding steroid dienone is 12. The Morgan fingerprint density at radius 2 is 0.841 bits per heavy atom. The van der Waals surface area contributed by atoms with Crippen molar-refractivity contribution in [3.63, 3.8) is 0 Å². The average molecular weight is 646 g/mol. The lowest BCUT2D eigenvalue weighted by molar-refractivity contribution is -0.143. The zero-order chi connectivity index (χ0) is 33.9. The van der Waals surface area contributed by atoms with Gasteiger partial charge >= 0.3 is 20.1 Å². The molecule has 44 heavy (non-hydrogen) atoms. The molecule has 0 rings (SSSR count). The average Bonchev–Trinajstić information content (AvgIpc) is 2.90. The van der Waals surface area contributed by atoms with E-state index in [1.165, 1.54) is 11.1 Å². The highest BCUT2D eigenvalue weighted by Crippen LogP contribution is 2.31. The van der Waals surface area contributed by atoms with E-state index in [1.807, 2.05) is 53.7 Å². The summed E-state index contributed by atoms with van der Waals surface area (Å²) in [6, 6.07) is 0. The minimum absolute atomic E-state index is 0.393. The van der Waals surface area contributed by atoms with E-state index in [1.54, 1.807) is 13.8 Å². The topological polar surface area (TPSA) is 69.7 Å². The summed E-state index contributed by atoms with van der Waals surface area (Å²) in [4.78, 5) is 24.1. The molecule has 0 aliphatic heterocycles. The Morgan fingerprint density at radius 1 is 0.545 bits per heavy atom. The van der Waals surface area contributed by atoms with Crippen molar-refractivity contribution in [2.75, 3.05) is 13.2 Å². The molecule has 0 atom stereocenters. The fourth-order valence-electron chi connectivity index (χ4n) is 3.72. The first-order chi connectivity index (χ1) is 20.4. The molecule has 0 amide bonds. The van der Waals surface area contributed by atoms with E-state index in [-0.39, 0.29) is 0 Å². The Bertz CT molecular complexity index is 1060. The minimum Gasteiger partial charge on any atom is -0.288 e. The van der Waals surface area contributed by atoms with Crippen molar-refractivity contribution in [1.29, 1.82) is 0 Å². The van der Waals surface area contributed by atoms with E-state index < -0.39 is 44.9 Å². The minimum atomic E-state index is -4.04. The van der Waals surface area contributed by atoms with E-state index >= 15 is 0 Å². The number of carbonyl (C=O) groups excluding carboxylic acids is 2. The van der Waals surface area contributed by atoms with Crippen LogP contribution in [0, 0.1) is 0 Å². The zero-order valence-electron chi connectivity index (χ0n) is 27.5. The van der Waals surface area contributed by atoms with Crippen LogP contribution in [0.3, 0.4) is 0 Å². The molecule has 0 aromatic carbocycles. The SMILES string of the molecule is CC(C)=CCCC(C)=CCCC(C)=CC(=O)C(F)(F)CO[P+](=O)OCC(F)(F)C(=O)C=C(C)CCC=C(C)CCC=C(C)C. The van der Waals surface area contributed by atoms with Gasteiger partial charge in [-0.1, -0.05) is 57.7 Å². The first kappa shape index (κ1) is 41.5. The van der Waals surface area contributed by atoms with Crippen LogP contribution in [-0.2, 0) is 23.2 Å². The first-order valence-electron chi connectivity index (χ1n) is 14.9. The maximum Gasteiger partial charge on any atom is 0.697 e. The molecule has 0 unspecified atom stereocenters. The smallest absolute Gasteiger partial charge is 0.288 e. The molecule has 0 radical (unpaired) electrons. The summed E-state index contributed by atoms with van der Waals surface area (Å²) in [7, 11) is -3.43. The van der Waals surface area contributed by atoms with Gasteiger partial charge in [0, 0.05) is 4.57 Å². The molecule has 0 aromatic heterocycles. The lowest BCUT2D eigenvalue weighted by Gasteiger charge is -2.11. The molecular weight excluding hydrogens is 595 g/mol. The van der Waals surface area contributed by atoms with Crippen molar-refractivity contribution in [1.82, 2.24) is 0 Å². The highest BCUT2D eigenvalue weighted by atomic mass is 31.1.